The molecule has 0 aliphatic heterocycles. The number of benzene rings is 1. The van der Waals surface area contributed by atoms with Crippen LogP contribution in [-0.4, -0.2) is 29.8 Å². The summed E-state index contributed by atoms with van der Waals surface area (Å²) in [5.41, 5.74) is 0.893. The molecule has 0 aromatic heterocycles. The van der Waals surface area contributed by atoms with Crippen molar-refractivity contribution in [3.8, 4) is 0 Å². The molecule has 0 heterocycles. The van der Waals surface area contributed by atoms with Crippen molar-refractivity contribution >= 4 is 11.8 Å². The normalized spacial score (nSPS) is 14.6. The Bertz CT molecular complexity index is 342. The van der Waals surface area contributed by atoms with Crippen molar-refractivity contribution in [3.05, 3.63) is 35.9 Å². The third-order valence-corrected chi connectivity index (χ3v) is 4.63. The van der Waals surface area contributed by atoms with Crippen molar-refractivity contribution in [1.29, 1.82) is 0 Å². The van der Waals surface area contributed by atoms with Crippen molar-refractivity contribution < 1.29 is 5.11 Å². The molecule has 108 valence electrons. The van der Waals surface area contributed by atoms with E-state index in [4.69, 9.17) is 0 Å². The molecule has 0 bridgehead atoms. The smallest absolute Gasteiger partial charge is 0.0676 e. The standard InChI is InChI=1S/C16H27NOS/c1-4-17-16(13-18,10-11-19-12-14(2)3)15-8-6-5-7-9-15/h5-9,14,17-18H,4,10-13H2,1-3H3. The topological polar surface area (TPSA) is 32.3 Å². The number of hydrogen-bond donors (Lipinski definition) is 2. The van der Waals surface area contributed by atoms with Gasteiger partial charge in [0.25, 0.3) is 0 Å². The van der Waals surface area contributed by atoms with Gasteiger partial charge in [0.2, 0.25) is 0 Å². The largest absolute Gasteiger partial charge is 0.394 e. The molecule has 3 heteroatoms. The summed E-state index contributed by atoms with van der Waals surface area (Å²) in [5.74, 6) is 2.98. The minimum atomic E-state index is -0.292. The Labute approximate surface area is 122 Å². The molecule has 0 fully saturated rings. The lowest BCUT2D eigenvalue weighted by atomic mass is 9.88. The fourth-order valence-corrected chi connectivity index (χ4v) is 3.35. The van der Waals surface area contributed by atoms with Gasteiger partial charge < -0.3 is 10.4 Å². The molecule has 0 radical (unpaired) electrons. The number of rotatable bonds is 9. The first-order chi connectivity index (χ1) is 9.14. The Morgan fingerprint density at radius 3 is 2.47 bits per heavy atom. The highest BCUT2D eigenvalue weighted by Gasteiger charge is 2.29. The van der Waals surface area contributed by atoms with Crippen LogP contribution in [0, 0.1) is 5.92 Å². The van der Waals surface area contributed by atoms with Crippen LogP contribution < -0.4 is 5.32 Å². The number of hydrogen-bond acceptors (Lipinski definition) is 3. The fraction of sp³-hybridized carbons (Fsp3) is 0.625. The van der Waals surface area contributed by atoms with Crippen LogP contribution in [0.3, 0.4) is 0 Å². The summed E-state index contributed by atoms with van der Waals surface area (Å²) < 4.78 is 0. The maximum absolute atomic E-state index is 9.90. The van der Waals surface area contributed by atoms with Gasteiger partial charge in [-0.15, -0.1) is 0 Å². The Morgan fingerprint density at radius 1 is 1.26 bits per heavy atom. The molecule has 1 aromatic carbocycles. The van der Waals surface area contributed by atoms with E-state index >= 15 is 0 Å². The van der Waals surface area contributed by atoms with E-state index in [9.17, 15) is 5.11 Å². The predicted octanol–water partition coefficient (Wildman–Crippen LogP) is 3.26. The summed E-state index contributed by atoms with van der Waals surface area (Å²) in [7, 11) is 0. The lowest BCUT2D eigenvalue weighted by Crippen LogP contribution is -2.46. The zero-order chi connectivity index (χ0) is 14.1. The van der Waals surface area contributed by atoms with E-state index in [0.29, 0.717) is 0 Å². The Balaban J connectivity index is 2.70. The molecule has 1 atom stereocenters. The molecule has 1 unspecified atom stereocenters. The van der Waals surface area contributed by atoms with E-state index in [1.807, 2.05) is 30.0 Å². The Hall–Kier alpha value is -0.510. The van der Waals surface area contributed by atoms with Gasteiger partial charge in [0.1, 0.15) is 0 Å². The highest BCUT2D eigenvalue weighted by molar-refractivity contribution is 7.99. The molecule has 1 aromatic rings. The van der Waals surface area contributed by atoms with Crippen molar-refractivity contribution in [2.75, 3.05) is 24.7 Å². The zero-order valence-corrected chi connectivity index (χ0v) is 13.2. The average molecular weight is 281 g/mol. The van der Waals surface area contributed by atoms with Crippen molar-refractivity contribution in [1.82, 2.24) is 5.32 Å². The summed E-state index contributed by atoms with van der Waals surface area (Å²) in [6.45, 7) is 7.59. The van der Waals surface area contributed by atoms with Crippen LogP contribution in [0.5, 0.6) is 0 Å². The van der Waals surface area contributed by atoms with E-state index in [2.05, 4.69) is 38.2 Å². The van der Waals surface area contributed by atoms with Crippen LogP contribution in [0.4, 0.5) is 0 Å². The van der Waals surface area contributed by atoms with Crippen molar-refractivity contribution in [2.45, 2.75) is 32.7 Å². The maximum Gasteiger partial charge on any atom is 0.0676 e. The number of likely N-dealkylation sites (N-methyl/N-ethyl adjacent to an activating group) is 1. The van der Waals surface area contributed by atoms with Crippen LogP contribution in [-0.2, 0) is 5.54 Å². The number of thioether (sulfide) groups is 1. The molecule has 0 amide bonds. The van der Waals surface area contributed by atoms with Crippen LogP contribution >= 0.6 is 11.8 Å². The van der Waals surface area contributed by atoms with Gasteiger partial charge in [0.15, 0.2) is 0 Å². The fourth-order valence-electron chi connectivity index (χ4n) is 2.22. The molecule has 2 nitrogen and oxygen atoms in total. The van der Waals surface area contributed by atoms with E-state index < -0.39 is 0 Å². The van der Waals surface area contributed by atoms with Gasteiger partial charge in [-0.1, -0.05) is 51.1 Å². The van der Waals surface area contributed by atoms with E-state index in [0.717, 1.165) is 24.6 Å². The first-order valence-corrected chi connectivity index (χ1v) is 8.29. The second-order valence-electron chi connectivity index (χ2n) is 5.36. The van der Waals surface area contributed by atoms with Crippen LogP contribution in [0.15, 0.2) is 30.3 Å². The molecule has 0 saturated carbocycles. The lowest BCUT2D eigenvalue weighted by molar-refractivity contribution is 0.158. The van der Waals surface area contributed by atoms with Crippen LogP contribution in [0.25, 0.3) is 0 Å². The minimum Gasteiger partial charge on any atom is -0.394 e. The highest BCUT2D eigenvalue weighted by atomic mass is 32.2. The summed E-state index contributed by atoms with van der Waals surface area (Å²) >= 11 is 1.97. The summed E-state index contributed by atoms with van der Waals surface area (Å²) in [4.78, 5) is 0. The van der Waals surface area contributed by atoms with Gasteiger partial charge in [-0.3, -0.25) is 0 Å². The van der Waals surface area contributed by atoms with E-state index in [1.54, 1.807) is 0 Å². The van der Waals surface area contributed by atoms with Gasteiger partial charge in [-0.2, -0.15) is 11.8 Å². The molecule has 0 aliphatic rings. The van der Waals surface area contributed by atoms with E-state index in [1.165, 1.54) is 11.3 Å². The maximum atomic E-state index is 9.90. The monoisotopic (exact) mass is 281 g/mol. The number of nitrogens with one attached hydrogen (secondary N) is 1. The summed E-state index contributed by atoms with van der Waals surface area (Å²) in [5, 5.41) is 13.4. The minimum absolute atomic E-state index is 0.146. The van der Waals surface area contributed by atoms with Crippen LogP contribution in [0.2, 0.25) is 0 Å². The zero-order valence-electron chi connectivity index (χ0n) is 12.4. The number of aliphatic hydroxyl groups excluding tert-OH is 1. The van der Waals surface area contributed by atoms with Crippen LogP contribution in [0.1, 0.15) is 32.8 Å². The molecule has 1 rings (SSSR count). The van der Waals surface area contributed by atoms with E-state index in [-0.39, 0.29) is 12.1 Å². The number of aliphatic hydroxyl groups is 1. The van der Waals surface area contributed by atoms with Gasteiger partial charge >= 0.3 is 0 Å². The molecular formula is C16H27NOS. The summed E-state index contributed by atoms with van der Waals surface area (Å²) in [6, 6.07) is 10.3. The third-order valence-electron chi connectivity index (χ3n) is 3.24. The molecule has 2 N–H and O–H groups in total. The predicted molar refractivity (Wildman–Crippen MR) is 85.7 cm³/mol. The second kappa shape index (κ2) is 8.62. The molecule has 0 aliphatic carbocycles. The Kier molecular flexibility index (Phi) is 7.51. The average Bonchev–Trinajstić information content (AvgIpc) is 2.43. The van der Waals surface area contributed by atoms with Gasteiger partial charge in [-0.05, 0) is 36.0 Å². The molecule has 0 saturated heterocycles. The molecule has 0 spiro atoms. The van der Waals surface area contributed by atoms with Crippen molar-refractivity contribution in [2.24, 2.45) is 5.92 Å². The van der Waals surface area contributed by atoms with Crippen molar-refractivity contribution in [3.63, 3.8) is 0 Å². The SMILES string of the molecule is CCNC(CO)(CCSCC(C)C)c1ccccc1. The third kappa shape index (κ3) is 5.17. The Morgan fingerprint density at radius 2 is 1.95 bits per heavy atom. The highest BCUT2D eigenvalue weighted by Crippen LogP contribution is 2.27. The van der Waals surface area contributed by atoms with Gasteiger partial charge in [-0.25, -0.2) is 0 Å². The quantitative estimate of drug-likeness (QED) is 0.681. The first-order valence-electron chi connectivity index (χ1n) is 7.13. The van der Waals surface area contributed by atoms with Gasteiger partial charge in [0, 0.05) is 0 Å². The first kappa shape index (κ1) is 16.5. The molecular weight excluding hydrogens is 254 g/mol. The lowest BCUT2D eigenvalue weighted by Gasteiger charge is -2.33. The van der Waals surface area contributed by atoms with Gasteiger partial charge in [0.05, 0.1) is 12.1 Å². The summed E-state index contributed by atoms with van der Waals surface area (Å²) in [6.07, 6.45) is 0.957. The molecule has 19 heavy (non-hydrogen) atoms. The second-order valence-corrected chi connectivity index (χ2v) is 6.51.